The lowest BCUT2D eigenvalue weighted by atomic mass is 9.81. The van der Waals surface area contributed by atoms with E-state index in [0.717, 1.165) is 6.07 Å². The molecule has 0 radical (unpaired) electrons. The molecule has 0 saturated carbocycles. The highest BCUT2D eigenvalue weighted by Crippen LogP contribution is 2.53. The van der Waals surface area contributed by atoms with Crippen LogP contribution in [0.2, 0.25) is 5.02 Å². The average molecular weight is 369 g/mol. The van der Waals surface area contributed by atoms with Crippen LogP contribution in [0.1, 0.15) is 11.1 Å². The number of halogens is 4. The van der Waals surface area contributed by atoms with Gasteiger partial charge in [-0.1, -0.05) is 24.2 Å². The van der Waals surface area contributed by atoms with Crippen LogP contribution in [-0.4, -0.2) is 23.7 Å². The summed E-state index contributed by atoms with van der Waals surface area (Å²) in [6.07, 6.45) is -2.21. The Kier molecular flexibility index (Phi) is 4.30. The van der Waals surface area contributed by atoms with Gasteiger partial charge < -0.3 is 10.1 Å². The second-order valence-electron chi connectivity index (χ2n) is 5.43. The van der Waals surface area contributed by atoms with E-state index in [1.807, 2.05) is 0 Å². The SMILES string of the molecule is C=C(c1cccnc1)C1(C(F)(F)F)OCC(=O)Nc2ccc(Cl)cc21. The molecule has 1 aromatic heterocycles. The molecule has 1 amide bonds. The van der Waals surface area contributed by atoms with Gasteiger partial charge in [0.2, 0.25) is 11.5 Å². The number of hydrogen-bond acceptors (Lipinski definition) is 3. The Morgan fingerprint density at radius 2 is 2.12 bits per heavy atom. The highest BCUT2D eigenvalue weighted by Gasteiger charge is 2.61. The van der Waals surface area contributed by atoms with Crippen molar-refractivity contribution in [3.63, 3.8) is 0 Å². The Hall–Kier alpha value is -2.38. The third-order valence-corrected chi connectivity index (χ3v) is 4.12. The van der Waals surface area contributed by atoms with Crippen LogP contribution < -0.4 is 5.32 Å². The van der Waals surface area contributed by atoms with E-state index in [4.69, 9.17) is 16.3 Å². The largest absolute Gasteiger partial charge is 0.426 e. The number of aromatic nitrogens is 1. The van der Waals surface area contributed by atoms with Crippen LogP contribution in [0.5, 0.6) is 0 Å². The lowest BCUT2D eigenvalue weighted by molar-refractivity contribution is -0.255. The first-order chi connectivity index (χ1) is 11.8. The fourth-order valence-electron chi connectivity index (χ4n) is 2.75. The number of nitrogens with one attached hydrogen (secondary N) is 1. The van der Waals surface area contributed by atoms with Crippen molar-refractivity contribution in [1.82, 2.24) is 4.98 Å². The molecule has 1 atom stereocenters. The molecule has 1 aliphatic rings. The maximum absolute atomic E-state index is 14.3. The summed E-state index contributed by atoms with van der Waals surface area (Å²) < 4.78 is 47.9. The highest BCUT2D eigenvalue weighted by molar-refractivity contribution is 6.30. The van der Waals surface area contributed by atoms with Gasteiger partial charge in [-0.3, -0.25) is 9.78 Å². The van der Waals surface area contributed by atoms with Crippen molar-refractivity contribution in [2.75, 3.05) is 11.9 Å². The van der Waals surface area contributed by atoms with Gasteiger partial charge in [0.05, 0.1) is 0 Å². The summed E-state index contributed by atoms with van der Waals surface area (Å²) >= 11 is 5.92. The van der Waals surface area contributed by atoms with E-state index >= 15 is 0 Å². The lowest BCUT2D eigenvalue weighted by Crippen LogP contribution is -2.46. The molecule has 0 aliphatic carbocycles. The third kappa shape index (κ3) is 2.89. The van der Waals surface area contributed by atoms with Crippen LogP contribution in [0, 0.1) is 0 Å². The Balaban J connectivity index is 2.31. The Morgan fingerprint density at radius 1 is 1.36 bits per heavy atom. The van der Waals surface area contributed by atoms with Crippen molar-refractivity contribution in [3.05, 3.63) is 65.5 Å². The molecule has 130 valence electrons. The summed E-state index contributed by atoms with van der Waals surface area (Å²) in [5.74, 6) is -0.700. The van der Waals surface area contributed by atoms with E-state index in [1.165, 1.54) is 36.7 Å². The first-order valence-corrected chi connectivity index (χ1v) is 7.54. The summed E-state index contributed by atoms with van der Waals surface area (Å²) in [5, 5.41) is 2.48. The second kappa shape index (κ2) is 6.16. The van der Waals surface area contributed by atoms with E-state index in [1.54, 1.807) is 0 Å². The molecule has 2 aromatic rings. The zero-order valence-corrected chi connectivity index (χ0v) is 13.5. The predicted molar refractivity (Wildman–Crippen MR) is 87.0 cm³/mol. The van der Waals surface area contributed by atoms with Crippen LogP contribution >= 0.6 is 11.6 Å². The van der Waals surface area contributed by atoms with Gasteiger partial charge in [0, 0.05) is 28.7 Å². The van der Waals surface area contributed by atoms with E-state index < -0.39 is 24.3 Å². The molecule has 3 rings (SSSR count). The van der Waals surface area contributed by atoms with Gasteiger partial charge in [0.1, 0.15) is 6.61 Å². The van der Waals surface area contributed by atoms with Crippen molar-refractivity contribution < 1.29 is 22.7 Å². The van der Waals surface area contributed by atoms with E-state index in [2.05, 4.69) is 16.9 Å². The number of hydrogen-bond donors (Lipinski definition) is 1. The minimum Gasteiger partial charge on any atom is -0.346 e. The molecular weight excluding hydrogens is 357 g/mol. The van der Waals surface area contributed by atoms with Crippen LogP contribution in [0.25, 0.3) is 5.57 Å². The Labute approximate surface area is 146 Å². The summed E-state index contributed by atoms with van der Waals surface area (Å²) in [5.41, 5.74) is -3.54. The average Bonchev–Trinajstić information content (AvgIpc) is 2.71. The fraction of sp³-hybridized carbons (Fsp3) is 0.176. The number of rotatable bonds is 2. The predicted octanol–water partition coefficient (Wildman–Crippen LogP) is 4.17. The van der Waals surface area contributed by atoms with Gasteiger partial charge >= 0.3 is 6.18 Å². The van der Waals surface area contributed by atoms with Crippen LogP contribution in [-0.2, 0) is 15.1 Å². The summed E-state index contributed by atoms with van der Waals surface area (Å²) in [6, 6.07) is 6.75. The smallest absolute Gasteiger partial charge is 0.346 e. The van der Waals surface area contributed by atoms with Gasteiger partial charge in [0.15, 0.2) is 0 Å². The molecule has 1 N–H and O–H groups in total. The maximum atomic E-state index is 14.3. The van der Waals surface area contributed by atoms with Crippen molar-refractivity contribution in [3.8, 4) is 0 Å². The first kappa shape index (κ1) is 17.4. The highest BCUT2D eigenvalue weighted by atomic mass is 35.5. The number of carbonyl (C=O) groups excluding carboxylic acids is 1. The van der Waals surface area contributed by atoms with Crippen LogP contribution in [0.4, 0.5) is 18.9 Å². The van der Waals surface area contributed by atoms with Crippen molar-refractivity contribution in [1.29, 1.82) is 0 Å². The topological polar surface area (TPSA) is 51.2 Å². The number of fused-ring (bicyclic) bond motifs is 1. The zero-order valence-electron chi connectivity index (χ0n) is 12.7. The number of carbonyl (C=O) groups is 1. The number of amides is 1. The van der Waals surface area contributed by atoms with Gasteiger partial charge in [-0.2, -0.15) is 13.2 Å². The van der Waals surface area contributed by atoms with E-state index in [0.29, 0.717) is 0 Å². The van der Waals surface area contributed by atoms with E-state index in [9.17, 15) is 18.0 Å². The molecule has 1 aromatic carbocycles. The number of alkyl halides is 3. The number of pyridine rings is 1. The fourth-order valence-corrected chi connectivity index (χ4v) is 2.93. The minimum absolute atomic E-state index is 0.0331. The molecule has 0 bridgehead atoms. The van der Waals surface area contributed by atoms with Crippen molar-refractivity contribution in [2.24, 2.45) is 0 Å². The van der Waals surface area contributed by atoms with Gasteiger partial charge in [-0.25, -0.2) is 0 Å². The lowest BCUT2D eigenvalue weighted by Gasteiger charge is -2.37. The molecule has 0 saturated heterocycles. The zero-order chi connectivity index (χ0) is 18.2. The van der Waals surface area contributed by atoms with Gasteiger partial charge in [-0.05, 0) is 35.4 Å². The molecule has 0 fully saturated rings. The van der Waals surface area contributed by atoms with Crippen LogP contribution in [0.3, 0.4) is 0 Å². The molecular formula is C17H12ClF3N2O2. The Bertz CT molecular complexity index is 840. The number of anilines is 1. The molecule has 4 nitrogen and oxygen atoms in total. The van der Waals surface area contributed by atoms with Gasteiger partial charge in [-0.15, -0.1) is 0 Å². The second-order valence-corrected chi connectivity index (χ2v) is 5.86. The van der Waals surface area contributed by atoms with E-state index in [-0.39, 0.29) is 27.4 Å². The first-order valence-electron chi connectivity index (χ1n) is 7.16. The molecule has 1 aliphatic heterocycles. The van der Waals surface area contributed by atoms with Crippen molar-refractivity contribution in [2.45, 2.75) is 11.8 Å². The minimum atomic E-state index is -4.90. The molecule has 0 spiro atoms. The summed E-state index contributed by atoms with van der Waals surface area (Å²) in [4.78, 5) is 15.7. The maximum Gasteiger partial charge on any atom is 0.426 e. The molecule has 25 heavy (non-hydrogen) atoms. The number of ether oxygens (including phenoxy) is 1. The monoisotopic (exact) mass is 368 g/mol. The normalized spacial score (nSPS) is 20.4. The standard InChI is InChI=1S/C17H12ClF3N2O2/c1-10(11-3-2-6-22-8-11)16(17(19,20)21)13-7-12(18)4-5-14(13)23-15(24)9-25-16/h2-8H,1,9H2,(H,23,24). The molecule has 2 heterocycles. The third-order valence-electron chi connectivity index (χ3n) is 3.89. The molecule has 1 unspecified atom stereocenters. The Morgan fingerprint density at radius 3 is 2.76 bits per heavy atom. The van der Waals surface area contributed by atoms with Crippen LogP contribution in [0.15, 0.2) is 49.3 Å². The number of nitrogens with zero attached hydrogens (tertiary/aromatic N) is 1. The summed E-state index contributed by atoms with van der Waals surface area (Å²) in [7, 11) is 0. The quantitative estimate of drug-likeness (QED) is 0.865. The van der Waals surface area contributed by atoms with Crippen molar-refractivity contribution >= 4 is 28.8 Å². The molecule has 8 heteroatoms. The number of benzene rings is 1. The summed E-state index contributed by atoms with van der Waals surface area (Å²) in [6.45, 7) is 2.83. The van der Waals surface area contributed by atoms with Gasteiger partial charge in [0.25, 0.3) is 0 Å².